The number of rotatable bonds is 7. The molecule has 4 rings (SSSR count). The maximum atomic E-state index is 5.74. The highest BCUT2D eigenvalue weighted by Crippen LogP contribution is 2.31. The number of hydrogen-bond donors (Lipinski definition) is 1. The molecule has 3 fully saturated rings. The summed E-state index contributed by atoms with van der Waals surface area (Å²) in [6, 6.07) is 9.32. The quantitative estimate of drug-likeness (QED) is 0.308. The van der Waals surface area contributed by atoms with E-state index in [9.17, 15) is 0 Å². The topological polar surface area (TPSA) is 52.6 Å². The molecule has 3 saturated heterocycles. The zero-order chi connectivity index (χ0) is 22.2. The Morgan fingerprint density at radius 1 is 1.12 bits per heavy atom. The van der Waals surface area contributed by atoms with Gasteiger partial charge in [0.1, 0.15) is 5.75 Å². The van der Waals surface area contributed by atoms with Gasteiger partial charge in [-0.3, -0.25) is 14.8 Å². The first kappa shape index (κ1) is 26.5. The van der Waals surface area contributed by atoms with Gasteiger partial charge in [-0.2, -0.15) is 0 Å². The smallest absolute Gasteiger partial charge is 0.194 e. The van der Waals surface area contributed by atoms with Crippen molar-refractivity contribution in [1.82, 2.24) is 20.0 Å². The number of halogens is 1. The maximum absolute atomic E-state index is 5.74. The number of hydrogen-bond acceptors (Lipinski definition) is 5. The minimum absolute atomic E-state index is 0. The molecule has 3 heterocycles. The van der Waals surface area contributed by atoms with Crippen LogP contribution in [0.15, 0.2) is 29.3 Å². The Morgan fingerprint density at radius 3 is 2.61 bits per heavy atom. The van der Waals surface area contributed by atoms with Gasteiger partial charge in [0.05, 0.1) is 32.9 Å². The second-order valence-corrected chi connectivity index (χ2v) is 9.09. The largest absolute Gasteiger partial charge is 0.496 e. The maximum Gasteiger partial charge on any atom is 0.194 e. The van der Waals surface area contributed by atoms with Gasteiger partial charge in [0, 0.05) is 44.3 Å². The van der Waals surface area contributed by atoms with Crippen molar-refractivity contribution < 1.29 is 9.47 Å². The average Bonchev–Trinajstić information content (AvgIpc) is 3.35. The fourth-order valence-corrected chi connectivity index (χ4v) is 5.36. The molecule has 0 aromatic heterocycles. The van der Waals surface area contributed by atoms with Gasteiger partial charge in [0.2, 0.25) is 0 Å². The summed E-state index contributed by atoms with van der Waals surface area (Å²) in [6.07, 6.45) is 5.07. The lowest BCUT2D eigenvalue weighted by Crippen LogP contribution is -2.47. The fourth-order valence-electron chi connectivity index (χ4n) is 5.36. The summed E-state index contributed by atoms with van der Waals surface area (Å²) in [5.74, 6) is 2.02. The summed E-state index contributed by atoms with van der Waals surface area (Å²) < 4.78 is 11.3. The van der Waals surface area contributed by atoms with Crippen LogP contribution in [-0.2, 0) is 4.74 Å². The first-order valence-corrected chi connectivity index (χ1v) is 12.5. The molecular formula is C25H42IN5O2. The third-order valence-corrected chi connectivity index (χ3v) is 7.10. The molecule has 0 amide bonds. The number of likely N-dealkylation sites (tertiary alicyclic amines) is 2. The predicted octanol–water partition coefficient (Wildman–Crippen LogP) is 3.21. The number of para-hydroxylation sites is 1. The number of ether oxygens (including phenoxy) is 2. The molecule has 2 atom stereocenters. The van der Waals surface area contributed by atoms with E-state index in [1.165, 1.54) is 31.2 Å². The number of benzene rings is 1. The monoisotopic (exact) mass is 571 g/mol. The summed E-state index contributed by atoms with van der Waals surface area (Å²) in [5, 5.41) is 3.57. The molecule has 0 spiro atoms. The van der Waals surface area contributed by atoms with Crippen LogP contribution in [0.25, 0.3) is 0 Å². The van der Waals surface area contributed by atoms with E-state index in [2.05, 4.69) is 51.2 Å². The summed E-state index contributed by atoms with van der Waals surface area (Å²) in [7, 11) is 1.77. The molecule has 1 aromatic rings. The molecule has 0 aliphatic carbocycles. The number of aliphatic imine (C=N–C) groups is 1. The first-order chi connectivity index (χ1) is 15.8. The van der Waals surface area contributed by atoms with Crippen molar-refractivity contribution in [3.63, 3.8) is 0 Å². The number of nitrogens with zero attached hydrogens (tertiary/aromatic N) is 4. The molecule has 33 heavy (non-hydrogen) atoms. The average molecular weight is 572 g/mol. The molecule has 3 aliphatic rings. The van der Waals surface area contributed by atoms with E-state index in [1.807, 2.05) is 0 Å². The number of nitrogens with one attached hydrogen (secondary N) is 1. The summed E-state index contributed by atoms with van der Waals surface area (Å²) in [6.45, 7) is 12.0. The van der Waals surface area contributed by atoms with E-state index in [0.29, 0.717) is 6.04 Å². The minimum Gasteiger partial charge on any atom is -0.496 e. The van der Waals surface area contributed by atoms with Crippen LogP contribution < -0.4 is 10.1 Å². The SMILES string of the molecule is CCNC(=NCC(c1ccccc1OC)N1CCCCC1)N1CCC(N2CCOCC2)C1.I. The summed E-state index contributed by atoms with van der Waals surface area (Å²) >= 11 is 0. The summed E-state index contributed by atoms with van der Waals surface area (Å²) in [5.41, 5.74) is 1.25. The molecule has 1 N–H and O–H groups in total. The zero-order valence-electron chi connectivity index (χ0n) is 20.4. The molecule has 1 aromatic carbocycles. The fraction of sp³-hybridized carbons (Fsp3) is 0.720. The Balaban J connectivity index is 0.00000306. The van der Waals surface area contributed by atoms with E-state index in [0.717, 1.165) is 77.3 Å². The second kappa shape index (κ2) is 13.7. The van der Waals surface area contributed by atoms with Crippen molar-refractivity contribution in [2.24, 2.45) is 4.99 Å². The van der Waals surface area contributed by atoms with Gasteiger partial charge < -0.3 is 19.7 Å². The highest BCUT2D eigenvalue weighted by atomic mass is 127. The van der Waals surface area contributed by atoms with Gasteiger partial charge in [0.15, 0.2) is 5.96 Å². The van der Waals surface area contributed by atoms with Gasteiger partial charge >= 0.3 is 0 Å². The van der Waals surface area contributed by atoms with Crippen molar-refractivity contribution in [3.8, 4) is 5.75 Å². The highest BCUT2D eigenvalue weighted by molar-refractivity contribution is 14.0. The third kappa shape index (κ3) is 6.96. The Bertz CT molecular complexity index is 737. The van der Waals surface area contributed by atoms with E-state index in [1.54, 1.807) is 7.11 Å². The lowest BCUT2D eigenvalue weighted by Gasteiger charge is -2.35. The standard InChI is InChI=1S/C25H41N5O2.HI/c1-3-26-25(30-14-11-21(20-30)28-15-17-32-18-16-28)27-19-23(29-12-7-4-8-13-29)22-9-5-6-10-24(22)31-2;/h5-6,9-10,21,23H,3-4,7-8,11-20H2,1-2H3,(H,26,27);1H. The van der Waals surface area contributed by atoms with Crippen LogP contribution in [0.2, 0.25) is 0 Å². The normalized spacial score (nSPS) is 23.8. The van der Waals surface area contributed by atoms with Crippen LogP contribution in [0.1, 0.15) is 44.2 Å². The van der Waals surface area contributed by atoms with Crippen LogP contribution in [-0.4, -0.2) is 99.4 Å². The molecule has 186 valence electrons. The van der Waals surface area contributed by atoms with Crippen LogP contribution in [0.3, 0.4) is 0 Å². The lowest BCUT2D eigenvalue weighted by atomic mass is 10.0. The highest BCUT2D eigenvalue weighted by Gasteiger charge is 2.31. The number of piperidine rings is 1. The Hall–Kier alpha value is -1.10. The third-order valence-electron chi connectivity index (χ3n) is 7.10. The zero-order valence-corrected chi connectivity index (χ0v) is 22.7. The Kier molecular flexibility index (Phi) is 11.0. The minimum atomic E-state index is 0. The van der Waals surface area contributed by atoms with Crippen LogP contribution >= 0.6 is 24.0 Å². The van der Waals surface area contributed by atoms with Crippen molar-refractivity contribution in [2.45, 2.75) is 44.7 Å². The lowest BCUT2D eigenvalue weighted by molar-refractivity contribution is 0.0195. The molecule has 3 aliphatic heterocycles. The van der Waals surface area contributed by atoms with Gasteiger partial charge in [-0.1, -0.05) is 24.6 Å². The first-order valence-electron chi connectivity index (χ1n) is 12.5. The van der Waals surface area contributed by atoms with Gasteiger partial charge in [0.25, 0.3) is 0 Å². The van der Waals surface area contributed by atoms with Crippen LogP contribution in [0, 0.1) is 0 Å². The molecule has 7 nitrogen and oxygen atoms in total. The Labute approximate surface area is 216 Å². The molecule has 0 bridgehead atoms. The molecule has 0 saturated carbocycles. The molecule has 0 radical (unpaired) electrons. The summed E-state index contributed by atoms with van der Waals surface area (Å²) in [4.78, 5) is 12.9. The van der Waals surface area contributed by atoms with Gasteiger partial charge in [-0.25, -0.2) is 0 Å². The van der Waals surface area contributed by atoms with Crippen molar-refractivity contribution >= 4 is 29.9 Å². The van der Waals surface area contributed by atoms with Crippen molar-refractivity contribution in [3.05, 3.63) is 29.8 Å². The van der Waals surface area contributed by atoms with E-state index < -0.39 is 0 Å². The number of methoxy groups -OCH3 is 1. The number of guanidine groups is 1. The molecular weight excluding hydrogens is 529 g/mol. The Morgan fingerprint density at radius 2 is 1.88 bits per heavy atom. The molecule has 8 heteroatoms. The van der Waals surface area contributed by atoms with Crippen molar-refractivity contribution in [2.75, 3.05) is 72.7 Å². The van der Waals surface area contributed by atoms with E-state index >= 15 is 0 Å². The van der Waals surface area contributed by atoms with Crippen LogP contribution in [0.5, 0.6) is 5.75 Å². The van der Waals surface area contributed by atoms with E-state index in [-0.39, 0.29) is 30.0 Å². The molecule has 2 unspecified atom stereocenters. The van der Waals surface area contributed by atoms with Gasteiger partial charge in [-0.05, 0) is 45.3 Å². The van der Waals surface area contributed by atoms with Gasteiger partial charge in [-0.15, -0.1) is 24.0 Å². The predicted molar refractivity (Wildman–Crippen MR) is 145 cm³/mol. The second-order valence-electron chi connectivity index (χ2n) is 9.09. The van der Waals surface area contributed by atoms with E-state index in [4.69, 9.17) is 14.5 Å². The van der Waals surface area contributed by atoms with Crippen molar-refractivity contribution in [1.29, 1.82) is 0 Å². The number of morpholine rings is 1. The van der Waals surface area contributed by atoms with Crippen LogP contribution in [0.4, 0.5) is 0 Å².